The van der Waals surface area contributed by atoms with Crippen molar-refractivity contribution in [1.29, 1.82) is 0 Å². The molecule has 0 radical (unpaired) electrons. The number of hydrogen-bond acceptors (Lipinski definition) is 3. The average molecular weight is 323 g/mol. The van der Waals surface area contributed by atoms with Crippen molar-refractivity contribution >= 4 is 5.91 Å². The van der Waals surface area contributed by atoms with Crippen LogP contribution >= 0.6 is 0 Å². The molecule has 0 bridgehead atoms. The minimum Gasteiger partial charge on any atom is -0.463 e. The topological polar surface area (TPSA) is 60.1 Å². The Hall–Kier alpha value is -2.82. The second-order valence-corrected chi connectivity index (χ2v) is 6.25. The normalized spacial score (nSPS) is 11.0. The molecule has 0 saturated carbocycles. The number of carbonyl (C=O) groups excluding carboxylic acids is 1. The summed E-state index contributed by atoms with van der Waals surface area (Å²) in [7, 11) is 0. The fourth-order valence-corrected chi connectivity index (χ4v) is 2.43. The van der Waals surface area contributed by atoms with Gasteiger partial charge in [-0.05, 0) is 42.7 Å². The first kappa shape index (κ1) is 16.1. The van der Waals surface area contributed by atoms with Crippen LogP contribution in [0.15, 0.2) is 53.1 Å². The Morgan fingerprint density at radius 1 is 1.25 bits per heavy atom. The number of furan rings is 1. The zero-order valence-electron chi connectivity index (χ0n) is 14.1. The van der Waals surface area contributed by atoms with Crippen molar-refractivity contribution in [2.45, 2.75) is 20.8 Å². The Bertz CT molecular complexity index is 832. The summed E-state index contributed by atoms with van der Waals surface area (Å²) >= 11 is 0. The molecule has 5 heteroatoms. The van der Waals surface area contributed by atoms with Gasteiger partial charge in [-0.1, -0.05) is 26.0 Å². The molecule has 3 aromatic rings. The second kappa shape index (κ2) is 6.74. The Morgan fingerprint density at radius 3 is 2.75 bits per heavy atom. The van der Waals surface area contributed by atoms with Crippen LogP contribution in [0.2, 0.25) is 0 Å². The van der Waals surface area contributed by atoms with E-state index in [0.29, 0.717) is 29.6 Å². The number of aryl methyl sites for hydroxylation is 1. The minimum absolute atomic E-state index is 0.143. The highest BCUT2D eigenvalue weighted by Crippen LogP contribution is 2.22. The molecule has 0 aliphatic heterocycles. The van der Waals surface area contributed by atoms with Crippen LogP contribution in [0.25, 0.3) is 17.1 Å². The fraction of sp³-hybridized carbons (Fsp3) is 0.263. The third-order valence-corrected chi connectivity index (χ3v) is 3.63. The van der Waals surface area contributed by atoms with Crippen LogP contribution in [-0.2, 0) is 0 Å². The highest BCUT2D eigenvalue weighted by Gasteiger charge is 2.18. The van der Waals surface area contributed by atoms with E-state index in [1.54, 1.807) is 23.1 Å². The lowest BCUT2D eigenvalue weighted by Gasteiger charge is -2.10. The van der Waals surface area contributed by atoms with Crippen molar-refractivity contribution in [2.24, 2.45) is 5.92 Å². The van der Waals surface area contributed by atoms with Crippen molar-refractivity contribution in [1.82, 2.24) is 15.1 Å². The van der Waals surface area contributed by atoms with E-state index in [0.717, 1.165) is 11.3 Å². The summed E-state index contributed by atoms with van der Waals surface area (Å²) in [5.74, 6) is 0.878. The summed E-state index contributed by atoms with van der Waals surface area (Å²) in [6.07, 6.45) is 1.60. The van der Waals surface area contributed by atoms with Crippen molar-refractivity contribution < 1.29 is 9.21 Å². The highest BCUT2D eigenvalue weighted by molar-refractivity contribution is 5.94. The van der Waals surface area contributed by atoms with E-state index in [1.807, 2.05) is 37.3 Å². The Kier molecular flexibility index (Phi) is 4.51. The zero-order valence-corrected chi connectivity index (χ0v) is 14.1. The first-order valence-corrected chi connectivity index (χ1v) is 8.04. The molecule has 1 aromatic carbocycles. The lowest BCUT2D eigenvalue weighted by atomic mass is 10.2. The molecule has 0 fully saturated rings. The molecule has 5 nitrogen and oxygen atoms in total. The SMILES string of the molecule is Cc1cccc(-n2nc(-c3ccco3)cc2C(=O)NCC(C)C)c1. The molecule has 3 rings (SSSR count). The number of aromatic nitrogens is 2. The third-order valence-electron chi connectivity index (χ3n) is 3.63. The molecular formula is C19H21N3O2. The van der Waals surface area contributed by atoms with Gasteiger partial charge in [-0.15, -0.1) is 0 Å². The van der Waals surface area contributed by atoms with E-state index in [-0.39, 0.29) is 5.91 Å². The Morgan fingerprint density at radius 2 is 2.08 bits per heavy atom. The van der Waals surface area contributed by atoms with E-state index >= 15 is 0 Å². The van der Waals surface area contributed by atoms with Gasteiger partial charge in [0.25, 0.3) is 5.91 Å². The molecule has 0 unspecified atom stereocenters. The van der Waals surface area contributed by atoms with Crippen molar-refractivity contribution in [3.63, 3.8) is 0 Å². The number of hydrogen-bond donors (Lipinski definition) is 1. The van der Waals surface area contributed by atoms with Crippen LogP contribution in [0.1, 0.15) is 29.9 Å². The number of nitrogens with one attached hydrogen (secondary N) is 1. The predicted octanol–water partition coefficient (Wildman–Crippen LogP) is 3.83. The van der Waals surface area contributed by atoms with E-state index in [1.165, 1.54) is 0 Å². The van der Waals surface area contributed by atoms with Gasteiger partial charge in [0.05, 0.1) is 12.0 Å². The van der Waals surface area contributed by atoms with Crippen LogP contribution in [0, 0.1) is 12.8 Å². The van der Waals surface area contributed by atoms with Crippen molar-refractivity contribution in [2.75, 3.05) is 6.54 Å². The van der Waals surface area contributed by atoms with Gasteiger partial charge in [-0.25, -0.2) is 4.68 Å². The Labute approximate surface area is 141 Å². The maximum atomic E-state index is 12.6. The van der Waals surface area contributed by atoms with E-state index in [2.05, 4.69) is 24.3 Å². The summed E-state index contributed by atoms with van der Waals surface area (Å²) < 4.78 is 7.09. The van der Waals surface area contributed by atoms with Crippen LogP contribution in [0.3, 0.4) is 0 Å². The first-order valence-electron chi connectivity index (χ1n) is 8.04. The van der Waals surface area contributed by atoms with Gasteiger partial charge in [0.1, 0.15) is 11.4 Å². The van der Waals surface area contributed by atoms with Crippen LogP contribution < -0.4 is 5.32 Å². The number of rotatable bonds is 5. The molecule has 1 amide bonds. The molecule has 0 atom stereocenters. The van der Waals surface area contributed by atoms with Gasteiger partial charge in [0, 0.05) is 12.6 Å². The molecule has 124 valence electrons. The number of carbonyl (C=O) groups is 1. The minimum atomic E-state index is -0.143. The first-order chi connectivity index (χ1) is 11.5. The highest BCUT2D eigenvalue weighted by atomic mass is 16.3. The van der Waals surface area contributed by atoms with Crippen LogP contribution in [-0.4, -0.2) is 22.2 Å². The van der Waals surface area contributed by atoms with E-state index < -0.39 is 0 Å². The van der Waals surface area contributed by atoms with E-state index in [4.69, 9.17) is 4.42 Å². The molecular weight excluding hydrogens is 302 g/mol. The summed E-state index contributed by atoms with van der Waals surface area (Å²) in [4.78, 5) is 12.6. The molecule has 0 spiro atoms. The zero-order chi connectivity index (χ0) is 17.1. The smallest absolute Gasteiger partial charge is 0.270 e. The van der Waals surface area contributed by atoms with Gasteiger partial charge in [-0.2, -0.15) is 5.10 Å². The molecule has 1 N–H and O–H groups in total. The quantitative estimate of drug-likeness (QED) is 0.776. The lowest BCUT2D eigenvalue weighted by Crippen LogP contribution is -2.29. The third kappa shape index (κ3) is 3.40. The van der Waals surface area contributed by atoms with Crippen LogP contribution in [0.5, 0.6) is 0 Å². The molecule has 2 aromatic heterocycles. The molecule has 0 aliphatic rings. The monoisotopic (exact) mass is 323 g/mol. The summed E-state index contributed by atoms with van der Waals surface area (Å²) in [6.45, 7) is 6.76. The maximum Gasteiger partial charge on any atom is 0.270 e. The van der Waals surface area contributed by atoms with Gasteiger partial charge in [-0.3, -0.25) is 4.79 Å². The van der Waals surface area contributed by atoms with Gasteiger partial charge in [0.15, 0.2) is 5.76 Å². The molecule has 0 aliphatic carbocycles. The van der Waals surface area contributed by atoms with Gasteiger partial charge < -0.3 is 9.73 Å². The lowest BCUT2D eigenvalue weighted by molar-refractivity contribution is 0.0941. The average Bonchev–Trinajstić information content (AvgIpc) is 3.21. The number of benzene rings is 1. The largest absolute Gasteiger partial charge is 0.463 e. The fourth-order valence-electron chi connectivity index (χ4n) is 2.43. The second-order valence-electron chi connectivity index (χ2n) is 6.25. The standard InChI is InChI=1S/C19H21N3O2/c1-13(2)12-20-19(23)17-11-16(18-8-5-9-24-18)21-22(17)15-7-4-6-14(3)10-15/h4-11,13H,12H2,1-3H3,(H,20,23). The maximum absolute atomic E-state index is 12.6. The number of nitrogens with zero attached hydrogens (tertiary/aromatic N) is 2. The summed E-state index contributed by atoms with van der Waals surface area (Å²) in [6, 6.07) is 13.3. The molecule has 24 heavy (non-hydrogen) atoms. The van der Waals surface area contributed by atoms with Crippen molar-refractivity contribution in [3.05, 3.63) is 60.0 Å². The summed E-state index contributed by atoms with van der Waals surface area (Å²) in [5.41, 5.74) is 3.09. The van der Waals surface area contributed by atoms with Crippen molar-refractivity contribution in [3.8, 4) is 17.1 Å². The van der Waals surface area contributed by atoms with Gasteiger partial charge >= 0.3 is 0 Å². The number of amides is 1. The summed E-state index contributed by atoms with van der Waals surface area (Å²) in [5, 5.41) is 7.53. The predicted molar refractivity (Wildman–Crippen MR) is 93.2 cm³/mol. The van der Waals surface area contributed by atoms with Crippen LogP contribution in [0.4, 0.5) is 0 Å². The molecule has 0 saturated heterocycles. The Balaban J connectivity index is 2.03. The van der Waals surface area contributed by atoms with E-state index in [9.17, 15) is 4.79 Å². The molecule has 2 heterocycles. The van der Waals surface area contributed by atoms with Gasteiger partial charge in [0.2, 0.25) is 0 Å².